The Morgan fingerprint density at radius 1 is 0.545 bits per heavy atom. The van der Waals surface area contributed by atoms with Gasteiger partial charge < -0.3 is 4.57 Å². The van der Waals surface area contributed by atoms with Gasteiger partial charge in [0.05, 0.1) is 22.1 Å². The van der Waals surface area contributed by atoms with Crippen LogP contribution in [0.25, 0.3) is 60.9 Å². The maximum atomic E-state index is 2.69. The molecule has 4 aliphatic carbocycles. The summed E-state index contributed by atoms with van der Waals surface area (Å²) in [5.41, 5.74) is 24.3. The lowest BCUT2D eigenvalue weighted by molar-refractivity contribution is 0.664. The number of fused-ring (bicyclic) bond motifs is 17. The number of hydrogen-bond donors (Lipinski definition) is 0. The standard InChI is InChI=1S/C54H39N/c1-52(2)39-26-14-11-23-35(39)46-47-36-24-12-15-27-40(36)53(3)43-30-38-34-22-10-16-28-41(34)54(32-18-6-4-7-19-32,33-20-8-5-9-21-33)42(38)31-45(43)55-44-29-17-13-25-37(44)48(49(46)52)51(55)50(47)53/h4-8,10-20,22-31H,9,21H2,1-3H3. The second-order valence-electron chi connectivity index (χ2n) is 17.2. The molecule has 0 radical (unpaired) electrons. The molecule has 5 aliphatic rings. The molecule has 2 unspecified atom stereocenters. The van der Waals surface area contributed by atoms with E-state index in [9.17, 15) is 0 Å². The Labute approximate surface area is 321 Å². The van der Waals surface area contributed by atoms with E-state index in [2.05, 4.69) is 183 Å². The molecule has 0 spiro atoms. The van der Waals surface area contributed by atoms with Gasteiger partial charge in [0.25, 0.3) is 0 Å². The molecule has 0 amide bonds. The van der Waals surface area contributed by atoms with Crippen LogP contribution in [0.1, 0.15) is 78.1 Å². The molecule has 13 rings (SSSR count). The summed E-state index contributed by atoms with van der Waals surface area (Å²) in [6, 6.07) is 53.7. The van der Waals surface area contributed by atoms with Crippen molar-refractivity contribution < 1.29 is 0 Å². The Hall–Kier alpha value is -6.18. The SMILES string of the molecule is CC1(C)c2ccccc2-c2c3c4c5c(c21)c1ccccc1n5-c1cc2c(cc1C4(C)c1ccccc1-3)-c1ccccc1C2(C1=CC=CCC1)c1ccccc1. The Bertz CT molecular complexity index is 3130. The summed E-state index contributed by atoms with van der Waals surface area (Å²) in [4.78, 5) is 0. The van der Waals surface area contributed by atoms with Crippen LogP contribution < -0.4 is 0 Å². The molecular weight excluding hydrogens is 663 g/mol. The van der Waals surface area contributed by atoms with Gasteiger partial charge in [0.2, 0.25) is 0 Å². The van der Waals surface area contributed by atoms with Gasteiger partial charge in [-0.25, -0.2) is 0 Å². The predicted molar refractivity (Wildman–Crippen MR) is 228 cm³/mol. The summed E-state index contributed by atoms with van der Waals surface area (Å²) in [7, 11) is 0. The second-order valence-corrected chi connectivity index (χ2v) is 17.2. The fourth-order valence-corrected chi connectivity index (χ4v) is 12.4. The van der Waals surface area contributed by atoms with Crippen LogP contribution in [0.3, 0.4) is 0 Å². The Balaban J connectivity index is 1.27. The predicted octanol–water partition coefficient (Wildman–Crippen LogP) is 13.3. The average molecular weight is 702 g/mol. The zero-order valence-corrected chi connectivity index (χ0v) is 31.4. The Morgan fingerprint density at radius 2 is 1.20 bits per heavy atom. The largest absolute Gasteiger partial charge is 0.309 e. The normalized spacial score (nSPS) is 21.2. The number of nitrogens with zero attached hydrogens (tertiary/aromatic N) is 1. The van der Waals surface area contributed by atoms with Gasteiger partial charge in [0.1, 0.15) is 0 Å². The average Bonchev–Trinajstić information content (AvgIpc) is 3.89. The molecule has 1 heteroatoms. The lowest BCUT2D eigenvalue weighted by Gasteiger charge is -2.39. The van der Waals surface area contributed by atoms with Crippen LogP contribution >= 0.6 is 0 Å². The van der Waals surface area contributed by atoms with Gasteiger partial charge in [-0.2, -0.15) is 0 Å². The first-order chi connectivity index (χ1) is 27.0. The molecular formula is C54H39N. The summed E-state index contributed by atoms with van der Waals surface area (Å²) in [5, 5.41) is 2.77. The van der Waals surface area contributed by atoms with E-state index in [0.29, 0.717) is 0 Å². The minimum atomic E-state index is -0.392. The molecule has 55 heavy (non-hydrogen) atoms. The van der Waals surface area contributed by atoms with Crippen LogP contribution in [0, 0.1) is 0 Å². The van der Waals surface area contributed by atoms with Crippen molar-refractivity contribution in [1.82, 2.24) is 4.57 Å². The van der Waals surface area contributed by atoms with Gasteiger partial charge in [0.15, 0.2) is 0 Å². The third kappa shape index (κ3) is 3.25. The first-order valence-electron chi connectivity index (χ1n) is 20.0. The topological polar surface area (TPSA) is 4.93 Å². The minimum Gasteiger partial charge on any atom is -0.309 e. The molecule has 1 aliphatic heterocycles. The molecule has 0 saturated carbocycles. The van der Waals surface area contributed by atoms with Crippen molar-refractivity contribution in [2.24, 2.45) is 0 Å². The third-order valence-electron chi connectivity index (χ3n) is 14.5. The highest BCUT2D eigenvalue weighted by Crippen LogP contribution is 2.68. The van der Waals surface area contributed by atoms with Crippen LogP contribution in [0.15, 0.2) is 163 Å². The minimum absolute atomic E-state index is 0.160. The van der Waals surface area contributed by atoms with Crippen LogP contribution in [0.5, 0.6) is 0 Å². The Morgan fingerprint density at radius 3 is 1.98 bits per heavy atom. The first kappa shape index (κ1) is 30.2. The summed E-state index contributed by atoms with van der Waals surface area (Å²) in [6.07, 6.45) is 9.13. The van der Waals surface area contributed by atoms with Crippen LogP contribution in [-0.2, 0) is 16.2 Å². The Kier molecular flexibility index (Phi) is 5.44. The molecule has 7 aromatic carbocycles. The lowest BCUT2D eigenvalue weighted by atomic mass is 9.64. The molecule has 2 heterocycles. The number of allylic oxidation sites excluding steroid dienone is 4. The molecule has 0 saturated heterocycles. The monoisotopic (exact) mass is 701 g/mol. The van der Waals surface area contributed by atoms with Gasteiger partial charge in [-0.05, 0) is 110 Å². The van der Waals surface area contributed by atoms with Gasteiger partial charge in [0, 0.05) is 27.2 Å². The zero-order chi connectivity index (χ0) is 36.4. The summed E-state index contributed by atoms with van der Waals surface area (Å²) in [6.45, 7) is 7.46. The van der Waals surface area contributed by atoms with E-state index in [1.165, 1.54) is 111 Å². The number of hydrogen-bond acceptors (Lipinski definition) is 0. The van der Waals surface area contributed by atoms with Crippen molar-refractivity contribution in [3.63, 3.8) is 0 Å². The van der Waals surface area contributed by atoms with E-state index in [4.69, 9.17) is 0 Å². The van der Waals surface area contributed by atoms with E-state index >= 15 is 0 Å². The van der Waals surface area contributed by atoms with Crippen molar-refractivity contribution in [1.29, 1.82) is 0 Å². The zero-order valence-electron chi connectivity index (χ0n) is 31.4. The summed E-state index contributed by atoms with van der Waals surface area (Å²) in [5.74, 6) is 0. The van der Waals surface area contributed by atoms with Crippen LogP contribution in [0.2, 0.25) is 0 Å². The van der Waals surface area contributed by atoms with E-state index in [1.807, 2.05) is 0 Å². The van der Waals surface area contributed by atoms with E-state index in [0.717, 1.165) is 12.8 Å². The summed E-state index contributed by atoms with van der Waals surface area (Å²) < 4.78 is 2.69. The number of rotatable bonds is 2. The highest BCUT2D eigenvalue weighted by Gasteiger charge is 2.54. The van der Waals surface area contributed by atoms with E-state index < -0.39 is 5.41 Å². The quantitative estimate of drug-likeness (QED) is 0.169. The summed E-state index contributed by atoms with van der Waals surface area (Å²) >= 11 is 0. The molecule has 1 aromatic heterocycles. The first-order valence-corrected chi connectivity index (χ1v) is 20.0. The smallest absolute Gasteiger partial charge is 0.0677 e. The van der Waals surface area contributed by atoms with Gasteiger partial charge in [-0.15, -0.1) is 0 Å². The van der Waals surface area contributed by atoms with Crippen molar-refractivity contribution in [2.45, 2.75) is 49.9 Å². The fourth-order valence-electron chi connectivity index (χ4n) is 12.4. The molecule has 0 fully saturated rings. The highest BCUT2D eigenvalue weighted by molar-refractivity contribution is 6.21. The third-order valence-corrected chi connectivity index (χ3v) is 14.5. The van der Waals surface area contributed by atoms with Crippen molar-refractivity contribution in [2.75, 3.05) is 0 Å². The van der Waals surface area contributed by atoms with Crippen molar-refractivity contribution in [3.8, 4) is 39.1 Å². The lowest BCUT2D eigenvalue weighted by Crippen LogP contribution is -2.32. The van der Waals surface area contributed by atoms with E-state index in [1.54, 1.807) is 0 Å². The molecule has 1 nitrogen and oxygen atoms in total. The van der Waals surface area contributed by atoms with Crippen molar-refractivity contribution >= 4 is 21.8 Å². The van der Waals surface area contributed by atoms with Crippen LogP contribution in [-0.4, -0.2) is 4.57 Å². The van der Waals surface area contributed by atoms with Crippen LogP contribution in [0.4, 0.5) is 0 Å². The molecule has 0 N–H and O–H groups in total. The molecule has 260 valence electrons. The van der Waals surface area contributed by atoms with Gasteiger partial charge >= 0.3 is 0 Å². The maximum absolute atomic E-state index is 2.69. The van der Waals surface area contributed by atoms with E-state index in [-0.39, 0.29) is 10.8 Å². The highest BCUT2D eigenvalue weighted by atomic mass is 15.0. The number of para-hydroxylation sites is 1. The van der Waals surface area contributed by atoms with Gasteiger partial charge in [-0.1, -0.05) is 159 Å². The molecule has 2 atom stereocenters. The molecule has 8 aromatic rings. The maximum Gasteiger partial charge on any atom is 0.0677 e. The number of aromatic nitrogens is 1. The van der Waals surface area contributed by atoms with Gasteiger partial charge in [-0.3, -0.25) is 0 Å². The second kappa shape index (κ2) is 9.92. The van der Waals surface area contributed by atoms with Crippen molar-refractivity contribution in [3.05, 3.63) is 208 Å². The number of benzene rings is 7. The fraction of sp³-hybridized carbons (Fsp3) is 0.148. The molecule has 0 bridgehead atoms.